The second-order valence-corrected chi connectivity index (χ2v) is 7.64. The number of aldehydes is 1. The van der Waals surface area contributed by atoms with E-state index in [2.05, 4.69) is 9.73 Å². The Morgan fingerprint density at radius 3 is 2.48 bits per heavy atom. The number of nitrogens with zero attached hydrogens (tertiary/aromatic N) is 2. The standard InChI is InChI=1S/C23H21F2N3O3/c1-28-20(30)23(27-22(28)26,17-5-7-19(8-6-17)31-21(24)25)18-4-2-3-15(13-18)16-11-14(12-16)9-10-29/h2-10,13,16,21H,11-12H2,1H3,(H2,26,27). The molecule has 1 atom stereocenters. The molecule has 0 saturated heterocycles. The Morgan fingerprint density at radius 2 is 1.90 bits per heavy atom. The molecule has 0 radical (unpaired) electrons. The number of allylic oxidation sites excluding steroid dienone is 2. The number of rotatable bonds is 6. The number of carbonyl (C=O) groups excluding carboxylic acids is 2. The maximum Gasteiger partial charge on any atom is 0.387 e. The molecule has 0 spiro atoms. The summed E-state index contributed by atoms with van der Waals surface area (Å²) < 4.78 is 29.5. The highest BCUT2D eigenvalue weighted by Gasteiger charge is 2.49. The number of nitrogens with two attached hydrogens (primary N) is 1. The molecule has 2 N–H and O–H groups in total. The van der Waals surface area contributed by atoms with E-state index in [1.54, 1.807) is 25.3 Å². The van der Waals surface area contributed by atoms with E-state index in [1.165, 1.54) is 17.0 Å². The minimum absolute atomic E-state index is 0.0117. The van der Waals surface area contributed by atoms with Gasteiger partial charge in [0.15, 0.2) is 11.5 Å². The molecule has 1 amide bonds. The molecule has 2 aromatic carbocycles. The van der Waals surface area contributed by atoms with Crippen molar-refractivity contribution < 1.29 is 23.1 Å². The van der Waals surface area contributed by atoms with Crippen molar-refractivity contribution in [1.82, 2.24) is 4.90 Å². The summed E-state index contributed by atoms with van der Waals surface area (Å²) in [5.41, 5.74) is 7.84. The summed E-state index contributed by atoms with van der Waals surface area (Å²) in [6.07, 6.45) is 3.95. The molecule has 0 aromatic heterocycles. The van der Waals surface area contributed by atoms with Crippen LogP contribution < -0.4 is 10.5 Å². The molecular weight excluding hydrogens is 404 g/mol. The molecule has 1 heterocycles. The summed E-state index contributed by atoms with van der Waals surface area (Å²) in [5.74, 6) is -0.0223. The number of hydrogen-bond donors (Lipinski definition) is 1. The van der Waals surface area contributed by atoms with Gasteiger partial charge < -0.3 is 10.5 Å². The molecule has 160 valence electrons. The van der Waals surface area contributed by atoms with Crippen molar-refractivity contribution >= 4 is 18.2 Å². The van der Waals surface area contributed by atoms with E-state index in [0.717, 1.165) is 30.3 Å². The van der Waals surface area contributed by atoms with Crippen molar-refractivity contribution in [2.45, 2.75) is 30.9 Å². The summed E-state index contributed by atoms with van der Waals surface area (Å²) in [4.78, 5) is 29.8. The van der Waals surface area contributed by atoms with Gasteiger partial charge >= 0.3 is 6.61 Å². The van der Waals surface area contributed by atoms with Crippen molar-refractivity contribution in [1.29, 1.82) is 0 Å². The van der Waals surface area contributed by atoms with Gasteiger partial charge in [0.1, 0.15) is 12.0 Å². The average molecular weight is 425 g/mol. The lowest BCUT2D eigenvalue weighted by Gasteiger charge is -2.31. The summed E-state index contributed by atoms with van der Waals surface area (Å²) in [5, 5.41) is 0. The molecule has 8 heteroatoms. The SMILES string of the molecule is CN1C(=O)C(c2ccc(OC(F)F)cc2)(c2cccc(C3CC(=CC=O)C3)c2)N=C1N. The van der Waals surface area contributed by atoms with Crippen LogP contribution in [0.2, 0.25) is 0 Å². The zero-order valence-corrected chi connectivity index (χ0v) is 16.8. The zero-order chi connectivity index (χ0) is 22.2. The predicted octanol–water partition coefficient (Wildman–Crippen LogP) is 3.32. The van der Waals surface area contributed by atoms with Crippen LogP contribution in [-0.2, 0) is 15.1 Å². The van der Waals surface area contributed by atoms with Crippen molar-refractivity contribution in [3.8, 4) is 5.75 Å². The molecule has 6 nitrogen and oxygen atoms in total. The first-order chi connectivity index (χ1) is 14.8. The lowest BCUT2D eigenvalue weighted by atomic mass is 9.74. The Labute approximate surface area is 178 Å². The number of aliphatic imine (C=N–C) groups is 1. The number of halogens is 2. The molecule has 0 bridgehead atoms. The molecule has 2 aliphatic rings. The molecule has 4 rings (SSSR count). The van der Waals surface area contributed by atoms with E-state index in [-0.39, 0.29) is 23.5 Å². The van der Waals surface area contributed by atoms with Crippen LogP contribution in [0.5, 0.6) is 5.75 Å². The lowest BCUT2D eigenvalue weighted by molar-refractivity contribution is -0.129. The van der Waals surface area contributed by atoms with Gasteiger partial charge in [0.25, 0.3) is 5.91 Å². The van der Waals surface area contributed by atoms with Gasteiger partial charge in [0.05, 0.1) is 0 Å². The van der Waals surface area contributed by atoms with Crippen molar-refractivity contribution in [2.24, 2.45) is 10.7 Å². The van der Waals surface area contributed by atoms with Crippen molar-refractivity contribution in [2.75, 3.05) is 7.05 Å². The molecule has 1 aliphatic carbocycles. The van der Waals surface area contributed by atoms with Crippen molar-refractivity contribution in [3.05, 3.63) is 76.9 Å². The zero-order valence-electron chi connectivity index (χ0n) is 16.8. The third-order valence-electron chi connectivity index (χ3n) is 5.83. The minimum Gasteiger partial charge on any atom is -0.435 e. The predicted molar refractivity (Wildman–Crippen MR) is 111 cm³/mol. The van der Waals surface area contributed by atoms with Crippen LogP contribution in [0.25, 0.3) is 0 Å². The van der Waals surface area contributed by atoms with Crippen molar-refractivity contribution in [3.63, 3.8) is 0 Å². The molecule has 1 aliphatic heterocycles. The number of amides is 1. The number of carbonyl (C=O) groups is 2. The minimum atomic E-state index is -2.94. The maximum absolute atomic E-state index is 13.3. The fourth-order valence-electron chi connectivity index (χ4n) is 4.12. The second kappa shape index (κ2) is 7.94. The summed E-state index contributed by atoms with van der Waals surface area (Å²) in [7, 11) is 1.55. The van der Waals surface area contributed by atoms with E-state index in [1.807, 2.05) is 24.3 Å². The number of likely N-dealkylation sites (N-methyl/N-ethyl adjacent to an activating group) is 1. The fraction of sp³-hybridized carbons (Fsp3) is 0.261. The number of guanidine groups is 1. The summed E-state index contributed by atoms with van der Waals surface area (Å²) in [6.45, 7) is -2.94. The summed E-state index contributed by atoms with van der Waals surface area (Å²) in [6, 6.07) is 13.4. The van der Waals surface area contributed by atoms with Crippen LogP contribution in [0.1, 0.15) is 35.4 Å². The molecule has 31 heavy (non-hydrogen) atoms. The molecular formula is C23H21F2N3O3. The van der Waals surface area contributed by atoms with Gasteiger partial charge in [0, 0.05) is 7.05 Å². The molecule has 1 fully saturated rings. The summed E-state index contributed by atoms with van der Waals surface area (Å²) >= 11 is 0. The van der Waals surface area contributed by atoms with Gasteiger partial charge in [-0.15, -0.1) is 0 Å². The number of hydrogen-bond acceptors (Lipinski definition) is 5. The highest BCUT2D eigenvalue weighted by atomic mass is 19.3. The van der Waals surface area contributed by atoms with E-state index in [9.17, 15) is 18.4 Å². The van der Waals surface area contributed by atoms with Crippen LogP contribution in [0.15, 0.2) is 65.2 Å². The normalized spacial score (nSPS) is 22.9. The van der Waals surface area contributed by atoms with E-state index in [4.69, 9.17) is 5.73 Å². The third kappa shape index (κ3) is 3.58. The maximum atomic E-state index is 13.3. The van der Waals surface area contributed by atoms with E-state index < -0.39 is 12.2 Å². The largest absolute Gasteiger partial charge is 0.435 e. The molecule has 1 unspecified atom stereocenters. The monoisotopic (exact) mass is 425 g/mol. The first-order valence-corrected chi connectivity index (χ1v) is 9.77. The first kappa shape index (κ1) is 20.7. The smallest absolute Gasteiger partial charge is 0.387 e. The van der Waals surface area contributed by atoms with Crippen LogP contribution in [-0.4, -0.2) is 36.7 Å². The van der Waals surface area contributed by atoms with Gasteiger partial charge in [-0.05, 0) is 53.7 Å². The molecule has 1 saturated carbocycles. The van der Waals surface area contributed by atoms with Crippen LogP contribution >= 0.6 is 0 Å². The Hall–Kier alpha value is -3.55. The third-order valence-corrected chi connectivity index (χ3v) is 5.83. The Bertz CT molecular complexity index is 1070. The van der Waals surface area contributed by atoms with E-state index in [0.29, 0.717) is 11.1 Å². The van der Waals surface area contributed by atoms with Crippen LogP contribution in [0.4, 0.5) is 8.78 Å². The first-order valence-electron chi connectivity index (χ1n) is 9.77. The number of ether oxygens (including phenoxy) is 1. The quantitative estimate of drug-likeness (QED) is 0.568. The van der Waals surface area contributed by atoms with Gasteiger partial charge in [0.2, 0.25) is 0 Å². The average Bonchev–Trinajstić information content (AvgIpc) is 2.95. The highest BCUT2D eigenvalue weighted by Crippen LogP contribution is 2.44. The number of alkyl halides is 2. The number of benzene rings is 2. The van der Waals surface area contributed by atoms with E-state index >= 15 is 0 Å². The highest BCUT2D eigenvalue weighted by molar-refractivity contribution is 6.08. The van der Waals surface area contributed by atoms with Crippen LogP contribution in [0.3, 0.4) is 0 Å². The lowest BCUT2D eigenvalue weighted by Crippen LogP contribution is -2.41. The Balaban J connectivity index is 1.75. The topological polar surface area (TPSA) is 85.0 Å². The second-order valence-electron chi connectivity index (χ2n) is 7.64. The van der Waals surface area contributed by atoms with Gasteiger partial charge in [-0.3, -0.25) is 14.5 Å². The molecule has 2 aromatic rings. The Kier molecular flexibility index (Phi) is 5.31. The van der Waals surface area contributed by atoms with Gasteiger partial charge in [-0.25, -0.2) is 4.99 Å². The fourth-order valence-corrected chi connectivity index (χ4v) is 4.12. The van der Waals surface area contributed by atoms with Crippen LogP contribution in [0, 0.1) is 0 Å². The van der Waals surface area contributed by atoms with Gasteiger partial charge in [-0.2, -0.15) is 8.78 Å². The van der Waals surface area contributed by atoms with Gasteiger partial charge in [-0.1, -0.05) is 42.0 Å². The Morgan fingerprint density at radius 1 is 1.19 bits per heavy atom.